The quantitative estimate of drug-likeness (QED) is 0.488. The SMILES string of the molecule is COc1ccc(Cl)cc1-c1c(C(=O)O)nc(CC(C)(C)C)n1-c1cc(Cl)ccc1C. The van der Waals surface area contributed by atoms with E-state index in [0.29, 0.717) is 39.3 Å². The van der Waals surface area contributed by atoms with Crippen molar-refractivity contribution in [3.63, 3.8) is 0 Å². The van der Waals surface area contributed by atoms with Gasteiger partial charge >= 0.3 is 5.97 Å². The van der Waals surface area contributed by atoms with Crippen molar-refractivity contribution >= 4 is 29.2 Å². The number of imidazole rings is 1. The number of benzene rings is 2. The molecule has 0 aliphatic carbocycles. The van der Waals surface area contributed by atoms with Crippen LogP contribution in [0.1, 0.15) is 42.6 Å². The van der Waals surface area contributed by atoms with E-state index in [1.807, 2.05) is 23.6 Å². The third-order valence-electron chi connectivity index (χ3n) is 4.67. The highest BCUT2D eigenvalue weighted by Gasteiger charge is 2.29. The molecule has 0 radical (unpaired) electrons. The molecule has 158 valence electrons. The second-order valence-electron chi connectivity index (χ2n) is 8.38. The van der Waals surface area contributed by atoms with E-state index in [9.17, 15) is 9.90 Å². The number of hydrogen-bond acceptors (Lipinski definition) is 3. The molecule has 0 spiro atoms. The Morgan fingerprint density at radius 1 is 1.13 bits per heavy atom. The molecule has 0 amide bonds. The number of methoxy groups -OCH3 is 1. The first kappa shape index (κ1) is 22.2. The Kier molecular flexibility index (Phi) is 6.16. The van der Waals surface area contributed by atoms with Gasteiger partial charge in [0.2, 0.25) is 0 Å². The minimum Gasteiger partial charge on any atom is -0.496 e. The highest BCUT2D eigenvalue weighted by Crippen LogP contribution is 2.39. The van der Waals surface area contributed by atoms with Gasteiger partial charge in [-0.15, -0.1) is 0 Å². The van der Waals surface area contributed by atoms with E-state index in [4.69, 9.17) is 27.9 Å². The maximum atomic E-state index is 12.2. The van der Waals surface area contributed by atoms with Gasteiger partial charge in [0.05, 0.1) is 18.5 Å². The van der Waals surface area contributed by atoms with Crippen LogP contribution in [0.2, 0.25) is 10.0 Å². The lowest BCUT2D eigenvalue weighted by molar-refractivity contribution is 0.0691. The number of aryl methyl sites for hydroxylation is 1. The van der Waals surface area contributed by atoms with Crippen LogP contribution in [0, 0.1) is 12.3 Å². The molecule has 0 saturated heterocycles. The summed E-state index contributed by atoms with van der Waals surface area (Å²) in [6.45, 7) is 8.19. The first-order valence-electron chi connectivity index (χ1n) is 9.47. The lowest BCUT2D eigenvalue weighted by Gasteiger charge is -2.21. The van der Waals surface area contributed by atoms with Crippen molar-refractivity contribution in [1.82, 2.24) is 9.55 Å². The van der Waals surface area contributed by atoms with Gasteiger partial charge in [-0.2, -0.15) is 0 Å². The van der Waals surface area contributed by atoms with Crippen LogP contribution in [0.25, 0.3) is 16.9 Å². The van der Waals surface area contributed by atoms with Crippen LogP contribution in [-0.4, -0.2) is 27.7 Å². The van der Waals surface area contributed by atoms with Crippen LogP contribution in [-0.2, 0) is 6.42 Å². The molecule has 0 saturated carbocycles. The van der Waals surface area contributed by atoms with Gasteiger partial charge < -0.3 is 9.84 Å². The second-order valence-corrected chi connectivity index (χ2v) is 9.25. The van der Waals surface area contributed by atoms with Crippen molar-refractivity contribution in [3.8, 4) is 22.7 Å². The summed E-state index contributed by atoms with van der Waals surface area (Å²) in [5.41, 5.74) is 2.47. The summed E-state index contributed by atoms with van der Waals surface area (Å²) in [6, 6.07) is 10.6. The van der Waals surface area contributed by atoms with E-state index in [0.717, 1.165) is 11.3 Å². The fourth-order valence-electron chi connectivity index (χ4n) is 3.41. The van der Waals surface area contributed by atoms with E-state index in [-0.39, 0.29) is 11.1 Å². The normalized spacial score (nSPS) is 11.6. The van der Waals surface area contributed by atoms with Gasteiger partial charge in [-0.3, -0.25) is 4.57 Å². The number of aromatic carboxylic acids is 1. The summed E-state index contributed by atoms with van der Waals surface area (Å²) in [4.78, 5) is 16.8. The van der Waals surface area contributed by atoms with Gasteiger partial charge in [0, 0.05) is 22.0 Å². The minimum atomic E-state index is -1.12. The zero-order valence-electron chi connectivity index (χ0n) is 17.6. The summed E-state index contributed by atoms with van der Waals surface area (Å²) < 4.78 is 7.39. The topological polar surface area (TPSA) is 64.3 Å². The maximum Gasteiger partial charge on any atom is 0.356 e. The van der Waals surface area contributed by atoms with Gasteiger partial charge in [0.25, 0.3) is 0 Å². The lowest BCUT2D eigenvalue weighted by atomic mass is 9.92. The molecule has 0 atom stereocenters. The van der Waals surface area contributed by atoms with Crippen LogP contribution in [0.4, 0.5) is 0 Å². The third-order valence-corrected chi connectivity index (χ3v) is 5.14. The monoisotopic (exact) mass is 446 g/mol. The van der Waals surface area contributed by atoms with E-state index in [2.05, 4.69) is 25.8 Å². The van der Waals surface area contributed by atoms with Crippen molar-refractivity contribution in [2.24, 2.45) is 5.41 Å². The number of nitrogens with zero attached hydrogens (tertiary/aromatic N) is 2. The van der Waals surface area contributed by atoms with Crippen LogP contribution in [0.5, 0.6) is 5.75 Å². The van der Waals surface area contributed by atoms with E-state index >= 15 is 0 Å². The van der Waals surface area contributed by atoms with Gasteiger partial charge in [-0.05, 0) is 48.2 Å². The van der Waals surface area contributed by atoms with Crippen molar-refractivity contribution < 1.29 is 14.6 Å². The molecule has 30 heavy (non-hydrogen) atoms. The maximum absolute atomic E-state index is 12.2. The molecule has 0 fully saturated rings. The zero-order chi connectivity index (χ0) is 22.2. The molecule has 1 aromatic heterocycles. The molecule has 2 aromatic carbocycles. The predicted molar refractivity (Wildman–Crippen MR) is 120 cm³/mol. The van der Waals surface area contributed by atoms with Crippen molar-refractivity contribution in [2.75, 3.05) is 7.11 Å². The predicted octanol–water partition coefficient (Wildman–Crippen LogP) is 6.45. The molecule has 5 nitrogen and oxygen atoms in total. The summed E-state index contributed by atoms with van der Waals surface area (Å²) in [6.07, 6.45) is 0.558. The first-order valence-corrected chi connectivity index (χ1v) is 10.2. The molecular formula is C23H24Cl2N2O3. The Balaban J connectivity index is 2.48. The molecular weight excluding hydrogens is 423 g/mol. The standard InChI is InChI=1S/C23H24Cl2N2O3/c1-13-6-7-15(25)11-17(13)27-19(12-23(2,3)4)26-20(22(28)29)21(27)16-10-14(24)8-9-18(16)30-5/h6-11H,12H2,1-5H3,(H,28,29). The van der Waals surface area contributed by atoms with Gasteiger partial charge in [0.1, 0.15) is 11.6 Å². The molecule has 3 aromatic rings. The van der Waals surface area contributed by atoms with Gasteiger partial charge in [-0.25, -0.2) is 9.78 Å². The molecule has 1 heterocycles. The van der Waals surface area contributed by atoms with Crippen molar-refractivity contribution in [3.05, 3.63) is 63.5 Å². The molecule has 7 heteroatoms. The number of hydrogen-bond donors (Lipinski definition) is 1. The van der Waals surface area contributed by atoms with Crippen molar-refractivity contribution in [2.45, 2.75) is 34.1 Å². The zero-order valence-corrected chi connectivity index (χ0v) is 19.1. The number of ether oxygens (including phenoxy) is 1. The average molecular weight is 447 g/mol. The Morgan fingerprint density at radius 2 is 1.77 bits per heavy atom. The van der Waals surface area contributed by atoms with E-state index in [1.165, 1.54) is 7.11 Å². The summed E-state index contributed by atoms with van der Waals surface area (Å²) in [7, 11) is 1.54. The summed E-state index contributed by atoms with van der Waals surface area (Å²) >= 11 is 12.6. The second kappa shape index (κ2) is 8.32. The summed E-state index contributed by atoms with van der Waals surface area (Å²) in [5, 5.41) is 11.0. The van der Waals surface area contributed by atoms with E-state index in [1.54, 1.807) is 24.3 Å². The van der Waals surface area contributed by atoms with E-state index < -0.39 is 5.97 Å². The fraction of sp³-hybridized carbons (Fsp3) is 0.304. The number of carboxylic acid groups (broad SMARTS) is 1. The Morgan fingerprint density at radius 3 is 2.37 bits per heavy atom. The van der Waals surface area contributed by atoms with Crippen LogP contribution in [0.3, 0.4) is 0 Å². The average Bonchev–Trinajstić information content (AvgIpc) is 3.01. The number of aromatic nitrogens is 2. The number of halogens is 2. The Bertz CT molecular complexity index is 1110. The Labute approximate surface area is 186 Å². The molecule has 0 aliphatic heterocycles. The number of rotatable bonds is 5. The van der Waals surface area contributed by atoms with Crippen LogP contribution < -0.4 is 4.74 Å². The lowest BCUT2D eigenvalue weighted by Crippen LogP contribution is -2.15. The first-order chi connectivity index (χ1) is 14.0. The van der Waals surface area contributed by atoms with Crippen LogP contribution in [0.15, 0.2) is 36.4 Å². The minimum absolute atomic E-state index is 0.0609. The van der Waals surface area contributed by atoms with Crippen LogP contribution >= 0.6 is 23.2 Å². The molecule has 0 unspecified atom stereocenters. The van der Waals surface area contributed by atoms with Gasteiger partial charge in [-0.1, -0.05) is 50.0 Å². The largest absolute Gasteiger partial charge is 0.496 e. The molecule has 0 bridgehead atoms. The Hall–Kier alpha value is -2.50. The number of carbonyl (C=O) groups is 1. The summed E-state index contributed by atoms with van der Waals surface area (Å²) in [5.74, 6) is 0.00736. The molecule has 0 aliphatic rings. The van der Waals surface area contributed by atoms with Crippen molar-refractivity contribution in [1.29, 1.82) is 0 Å². The third kappa shape index (κ3) is 4.47. The highest BCUT2D eigenvalue weighted by molar-refractivity contribution is 6.31. The smallest absolute Gasteiger partial charge is 0.356 e. The highest BCUT2D eigenvalue weighted by atomic mass is 35.5. The molecule has 3 rings (SSSR count). The fourth-order valence-corrected chi connectivity index (χ4v) is 3.74. The number of carboxylic acids is 1. The molecule has 1 N–H and O–H groups in total. The van der Waals surface area contributed by atoms with Gasteiger partial charge in [0.15, 0.2) is 5.69 Å².